The summed E-state index contributed by atoms with van der Waals surface area (Å²) in [6.45, 7) is 0. The van der Waals surface area contributed by atoms with Crippen molar-refractivity contribution in [2.24, 2.45) is 0 Å². The summed E-state index contributed by atoms with van der Waals surface area (Å²) >= 11 is 0. The number of hydrogen-bond acceptors (Lipinski definition) is 6. The molecule has 2 rings (SSSR count). The zero-order valence-electron chi connectivity index (χ0n) is 7.23. The monoisotopic (exact) mass is 208 g/mol. The van der Waals surface area contributed by atoms with E-state index < -0.39 is 10.7 Å². The standard InChI is InChI=1S/C7H4N4O4/c12-10(13)7-6(11(14)15-9-7)5-1-3-8-4-2-5/h1-4H. The Morgan fingerprint density at radius 1 is 1.40 bits per heavy atom. The Balaban J connectivity index is 2.62. The molecule has 0 atom stereocenters. The zero-order chi connectivity index (χ0) is 10.8. The molecule has 2 aromatic rings. The van der Waals surface area contributed by atoms with Gasteiger partial charge in [-0.1, -0.05) is 0 Å². The van der Waals surface area contributed by atoms with E-state index in [0.29, 0.717) is 5.56 Å². The summed E-state index contributed by atoms with van der Waals surface area (Å²) < 4.78 is 4.16. The van der Waals surface area contributed by atoms with Crippen molar-refractivity contribution in [3.63, 3.8) is 0 Å². The quantitative estimate of drug-likeness (QED) is 0.398. The first-order chi connectivity index (χ1) is 7.20. The molecule has 0 radical (unpaired) electrons. The highest BCUT2D eigenvalue weighted by molar-refractivity contribution is 5.62. The fraction of sp³-hybridized carbons (Fsp3) is 0. The van der Waals surface area contributed by atoms with Gasteiger partial charge in [0.2, 0.25) is 0 Å². The van der Waals surface area contributed by atoms with Crippen molar-refractivity contribution in [3.05, 3.63) is 39.8 Å². The minimum Gasteiger partial charge on any atom is -0.359 e. The van der Waals surface area contributed by atoms with Gasteiger partial charge in [0, 0.05) is 18.0 Å². The van der Waals surface area contributed by atoms with E-state index >= 15 is 0 Å². The summed E-state index contributed by atoms with van der Waals surface area (Å²) in [7, 11) is 0. The van der Waals surface area contributed by atoms with E-state index in [4.69, 9.17) is 0 Å². The van der Waals surface area contributed by atoms with Gasteiger partial charge in [0.15, 0.2) is 0 Å². The molecule has 15 heavy (non-hydrogen) atoms. The van der Waals surface area contributed by atoms with Crippen LogP contribution in [-0.4, -0.2) is 15.1 Å². The van der Waals surface area contributed by atoms with Gasteiger partial charge in [-0.2, -0.15) is 0 Å². The number of nitro groups is 1. The fourth-order valence-corrected chi connectivity index (χ4v) is 1.11. The summed E-state index contributed by atoms with van der Waals surface area (Å²) in [5.41, 5.74) is 0.0929. The molecule has 0 bridgehead atoms. The summed E-state index contributed by atoms with van der Waals surface area (Å²) in [6.07, 6.45) is 2.82. The Bertz CT molecular complexity index is 495. The van der Waals surface area contributed by atoms with Crippen LogP contribution in [0, 0.1) is 15.3 Å². The number of rotatable bonds is 2. The average Bonchev–Trinajstić information content (AvgIpc) is 2.61. The molecule has 0 aliphatic rings. The zero-order valence-corrected chi connectivity index (χ0v) is 7.23. The molecule has 76 valence electrons. The van der Waals surface area contributed by atoms with E-state index in [1.54, 1.807) is 0 Å². The molecular formula is C7H4N4O4. The SMILES string of the molecule is O=[N+]([O-])c1no[n+]([O-])c1-c1ccncc1. The maximum atomic E-state index is 11.1. The largest absolute Gasteiger partial charge is 0.440 e. The molecule has 0 unspecified atom stereocenters. The molecule has 0 fully saturated rings. The summed E-state index contributed by atoms with van der Waals surface area (Å²) in [5, 5.41) is 24.7. The summed E-state index contributed by atoms with van der Waals surface area (Å²) in [6, 6.07) is 2.90. The first kappa shape index (κ1) is 9.06. The third-order valence-corrected chi connectivity index (χ3v) is 1.72. The van der Waals surface area contributed by atoms with Crippen LogP contribution in [0.1, 0.15) is 0 Å². The Labute approximate surface area is 82.5 Å². The first-order valence-corrected chi connectivity index (χ1v) is 3.84. The molecule has 0 aliphatic carbocycles. The van der Waals surface area contributed by atoms with E-state index in [1.165, 1.54) is 24.5 Å². The van der Waals surface area contributed by atoms with Crippen molar-refractivity contribution in [2.45, 2.75) is 0 Å². The second kappa shape index (κ2) is 3.33. The summed E-state index contributed by atoms with van der Waals surface area (Å²) in [5.74, 6) is -0.615. The highest BCUT2D eigenvalue weighted by Gasteiger charge is 2.26. The smallest absolute Gasteiger partial charge is 0.359 e. The van der Waals surface area contributed by atoms with Crippen LogP contribution in [0.4, 0.5) is 5.82 Å². The predicted molar refractivity (Wildman–Crippen MR) is 45.3 cm³/mol. The molecule has 0 aromatic carbocycles. The van der Waals surface area contributed by atoms with Crippen molar-refractivity contribution < 1.29 is 14.5 Å². The van der Waals surface area contributed by atoms with E-state index in [2.05, 4.69) is 14.8 Å². The normalized spacial score (nSPS) is 10.1. The minimum absolute atomic E-state index is 0.00648. The first-order valence-electron chi connectivity index (χ1n) is 3.84. The maximum Gasteiger partial charge on any atom is 0.440 e. The Morgan fingerprint density at radius 3 is 2.67 bits per heavy atom. The van der Waals surface area contributed by atoms with Gasteiger partial charge in [0.05, 0.1) is 5.16 Å². The molecule has 0 saturated heterocycles. The molecule has 0 aliphatic heterocycles. The molecule has 2 aromatic heterocycles. The molecular weight excluding hydrogens is 204 g/mol. The number of pyridine rings is 1. The van der Waals surface area contributed by atoms with Gasteiger partial charge in [-0.15, -0.1) is 0 Å². The molecule has 2 heterocycles. The van der Waals surface area contributed by atoms with Crippen molar-refractivity contribution in [2.75, 3.05) is 0 Å². The number of nitrogens with zero attached hydrogens (tertiary/aromatic N) is 4. The van der Waals surface area contributed by atoms with Crippen LogP contribution in [0.3, 0.4) is 0 Å². The van der Waals surface area contributed by atoms with E-state index in [9.17, 15) is 15.3 Å². The third-order valence-electron chi connectivity index (χ3n) is 1.72. The van der Waals surface area contributed by atoms with Gasteiger partial charge in [-0.25, -0.2) is 0 Å². The van der Waals surface area contributed by atoms with Gasteiger partial charge in [-0.3, -0.25) is 9.61 Å². The van der Waals surface area contributed by atoms with Crippen LogP contribution in [0.15, 0.2) is 29.2 Å². The minimum atomic E-state index is -0.784. The molecule has 0 N–H and O–H groups in total. The van der Waals surface area contributed by atoms with Crippen LogP contribution in [-0.2, 0) is 0 Å². The van der Waals surface area contributed by atoms with Gasteiger partial charge in [0.25, 0.3) is 5.69 Å². The van der Waals surface area contributed by atoms with E-state index in [-0.39, 0.29) is 10.6 Å². The topological polar surface area (TPSA) is 109 Å². The molecule has 0 amide bonds. The molecule has 0 saturated carbocycles. The van der Waals surface area contributed by atoms with Crippen molar-refractivity contribution in [3.8, 4) is 11.3 Å². The highest BCUT2D eigenvalue weighted by atomic mass is 16.8. The predicted octanol–water partition coefficient (Wildman–Crippen LogP) is 0.278. The lowest BCUT2D eigenvalue weighted by Gasteiger charge is -1.95. The Hall–Kier alpha value is -2.51. The molecule has 0 spiro atoms. The summed E-state index contributed by atoms with van der Waals surface area (Å²) in [4.78, 5) is 13.5. The van der Waals surface area contributed by atoms with Crippen molar-refractivity contribution in [1.82, 2.24) is 10.1 Å². The van der Waals surface area contributed by atoms with Gasteiger partial charge in [-0.05, 0) is 22.0 Å². The lowest BCUT2D eigenvalue weighted by molar-refractivity contribution is -0.793. The highest BCUT2D eigenvalue weighted by Crippen LogP contribution is 2.23. The van der Waals surface area contributed by atoms with Crippen molar-refractivity contribution >= 4 is 5.82 Å². The number of hydrogen-bond donors (Lipinski definition) is 0. The van der Waals surface area contributed by atoms with E-state index in [0.717, 1.165) is 0 Å². The van der Waals surface area contributed by atoms with Crippen LogP contribution >= 0.6 is 0 Å². The molecule has 8 nitrogen and oxygen atoms in total. The Kier molecular flexibility index (Phi) is 2.01. The van der Waals surface area contributed by atoms with Gasteiger partial charge >= 0.3 is 5.82 Å². The number of aromatic nitrogens is 3. The lowest BCUT2D eigenvalue weighted by Crippen LogP contribution is -2.25. The second-order valence-corrected chi connectivity index (χ2v) is 2.60. The van der Waals surface area contributed by atoms with Gasteiger partial charge in [0.1, 0.15) is 0 Å². The molecule has 8 heteroatoms. The second-order valence-electron chi connectivity index (χ2n) is 2.60. The van der Waals surface area contributed by atoms with Crippen LogP contribution in [0.5, 0.6) is 0 Å². The van der Waals surface area contributed by atoms with Crippen molar-refractivity contribution in [1.29, 1.82) is 0 Å². The lowest BCUT2D eigenvalue weighted by atomic mass is 10.2. The maximum absolute atomic E-state index is 11.1. The van der Waals surface area contributed by atoms with Crippen LogP contribution in [0.2, 0.25) is 0 Å². The van der Waals surface area contributed by atoms with Crippen LogP contribution < -0.4 is 4.90 Å². The van der Waals surface area contributed by atoms with Gasteiger partial charge < -0.3 is 15.3 Å². The Morgan fingerprint density at radius 2 is 2.07 bits per heavy atom. The fourth-order valence-electron chi connectivity index (χ4n) is 1.11. The third kappa shape index (κ3) is 1.47. The van der Waals surface area contributed by atoms with Crippen LogP contribution in [0.25, 0.3) is 11.3 Å². The average molecular weight is 208 g/mol. The van der Waals surface area contributed by atoms with E-state index in [1.807, 2.05) is 0 Å².